The quantitative estimate of drug-likeness (QED) is 0.882. The Balaban J connectivity index is 1.69. The number of sulfonamides is 1. The van der Waals surface area contributed by atoms with Crippen LogP contribution in [0.25, 0.3) is 0 Å². The lowest BCUT2D eigenvalue weighted by atomic mass is 10.3. The fourth-order valence-corrected chi connectivity index (χ4v) is 4.95. The minimum absolute atomic E-state index is 0.0322. The zero-order chi connectivity index (χ0) is 17.2. The van der Waals surface area contributed by atoms with Crippen LogP contribution in [0.2, 0.25) is 0 Å². The molecule has 5 nitrogen and oxygen atoms in total. The molecule has 1 aromatic heterocycles. The number of thiophene rings is 1. The molecule has 1 amide bonds. The summed E-state index contributed by atoms with van der Waals surface area (Å²) < 4.78 is 40.1. The van der Waals surface area contributed by atoms with Crippen LogP contribution in [0.3, 0.4) is 0 Å². The lowest BCUT2D eigenvalue weighted by molar-refractivity contribution is -0.129. The highest BCUT2D eigenvalue weighted by molar-refractivity contribution is 7.94. The Morgan fingerprint density at radius 1 is 1.12 bits per heavy atom. The van der Waals surface area contributed by atoms with Crippen LogP contribution in [0, 0.1) is 5.82 Å². The number of halogens is 1. The largest absolute Gasteiger partial charge is 0.342 e. The van der Waals surface area contributed by atoms with Crippen LogP contribution in [-0.2, 0) is 21.2 Å². The standard InChI is InChI=1S/C16H17FN2O3S2/c17-12-3-5-13(6-4-12)18-24(21,22)16-8-7-14(23-16)11-15(20)19-9-1-2-10-19/h3-8,18H,1-2,9-11H2. The van der Waals surface area contributed by atoms with Gasteiger partial charge in [0.25, 0.3) is 10.0 Å². The molecule has 0 saturated carbocycles. The topological polar surface area (TPSA) is 66.5 Å². The second-order valence-corrected chi connectivity index (χ2v) is 8.68. The van der Waals surface area contributed by atoms with Crippen molar-refractivity contribution in [1.82, 2.24) is 4.90 Å². The summed E-state index contributed by atoms with van der Waals surface area (Å²) in [4.78, 5) is 14.7. The molecule has 1 saturated heterocycles. The molecule has 0 spiro atoms. The Hall–Kier alpha value is -1.93. The number of anilines is 1. The van der Waals surface area contributed by atoms with Gasteiger partial charge in [0, 0.05) is 23.7 Å². The van der Waals surface area contributed by atoms with Crippen molar-refractivity contribution in [3.8, 4) is 0 Å². The number of nitrogens with zero attached hydrogens (tertiary/aromatic N) is 1. The molecule has 1 N–H and O–H groups in total. The van der Waals surface area contributed by atoms with Crippen molar-refractivity contribution in [2.45, 2.75) is 23.5 Å². The maximum absolute atomic E-state index is 12.9. The van der Waals surface area contributed by atoms with E-state index in [-0.39, 0.29) is 16.5 Å². The summed E-state index contributed by atoms with van der Waals surface area (Å²) in [5, 5.41) is 0. The zero-order valence-corrected chi connectivity index (χ0v) is 14.5. The molecular formula is C16H17FN2O3S2. The van der Waals surface area contributed by atoms with Gasteiger partial charge in [0.05, 0.1) is 6.42 Å². The first-order valence-corrected chi connectivity index (χ1v) is 9.89. The Labute approximate surface area is 144 Å². The van der Waals surface area contributed by atoms with Gasteiger partial charge in [0.2, 0.25) is 5.91 Å². The van der Waals surface area contributed by atoms with Gasteiger partial charge in [-0.25, -0.2) is 12.8 Å². The third kappa shape index (κ3) is 3.93. The third-order valence-corrected chi connectivity index (χ3v) is 6.74. The van der Waals surface area contributed by atoms with E-state index in [9.17, 15) is 17.6 Å². The van der Waals surface area contributed by atoms with Crippen LogP contribution in [0.1, 0.15) is 17.7 Å². The Kier molecular flexibility index (Phi) is 4.86. The van der Waals surface area contributed by atoms with Crippen molar-refractivity contribution in [2.24, 2.45) is 0 Å². The number of nitrogens with one attached hydrogen (secondary N) is 1. The van der Waals surface area contributed by atoms with Gasteiger partial charge >= 0.3 is 0 Å². The summed E-state index contributed by atoms with van der Waals surface area (Å²) >= 11 is 1.08. The molecule has 1 aromatic carbocycles. The van der Waals surface area contributed by atoms with E-state index in [1.165, 1.54) is 30.3 Å². The molecule has 128 valence electrons. The maximum atomic E-state index is 12.9. The molecule has 1 aliphatic heterocycles. The number of likely N-dealkylation sites (tertiary alicyclic amines) is 1. The van der Waals surface area contributed by atoms with Crippen LogP contribution < -0.4 is 4.72 Å². The van der Waals surface area contributed by atoms with Crippen molar-refractivity contribution >= 4 is 33.0 Å². The third-order valence-electron chi connectivity index (χ3n) is 3.78. The molecule has 0 bridgehead atoms. The van der Waals surface area contributed by atoms with Crippen molar-refractivity contribution in [1.29, 1.82) is 0 Å². The van der Waals surface area contributed by atoms with E-state index in [4.69, 9.17) is 0 Å². The second-order valence-electron chi connectivity index (χ2n) is 5.60. The number of hydrogen-bond donors (Lipinski definition) is 1. The lowest BCUT2D eigenvalue weighted by Crippen LogP contribution is -2.28. The smallest absolute Gasteiger partial charge is 0.271 e. The van der Waals surface area contributed by atoms with Gasteiger partial charge in [-0.2, -0.15) is 0 Å². The fourth-order valence-electron chi connectivity index (χ4n) is 2.55. The minimum atomic E-state index is -3.74. The average molecular weight is 368 g/mol. The molecule has 24 heavy (non-hydrogen) atoms. The van der Waals surface area contributed by atoms with E-state index >= 15 is 0 Å². The highest BCUT2D eigenvalue weighted by atomic mass is 32.2. The first-order chi connectivity index (χ1) is 11.4. The van der Waals surface area contributed by atoms with E-state index in [1.54, 1.807) is 6.07 Å². The molecule has 0 atom stereocenters. The van der Waals surface area contributed by atoms with Crippen molar-refractivity contribution in [3.05, 3.63) is 47.1 Å². The van der Waals surface area contributed by atoms with Crippen LogP contribution in [0.15, 0.2) is 40.6 Å². The molecule has 0 aliphatic carbocycles. The molecule has 2 aromatic rings. The molecule has 0 radical (unpaired) electrons. The highest BCUT2D eigenvalue weighted by Crippen LogP contribution is 2.25. The first kappa shape index (κ1) is 16.9. The highest BCUT2D eigenvalue weighted by Gasteiger charge is 2.21. The average Bonchev–Trinajstić information content (AvgIpc) is 3.20. The van der Waals surface area contributed by atoms with Gasteiger partial charge in [-0.15, -0.1) is 11.3 Å². The summed E-state index contributed by atoms with van der Waals surface area (Å²) in [6.45, 7) is 1.56. The summed E-state index contributed by atoms with van der Waals surface area (Å²) in [7, 11) is -3.74. The van der Waals surface area contributed by atoms with E-state index in [2.05, 4.69) is 4.72 Å². The van der Waals surface area contributed by atoms with E-state index < -0.39 is 15.8 Å². The summed E-state index contributed by atoms with van der Waals surface area (Å²) in [5.41, 5.74) is 0.291. The van der Waals surface area contributed by atoms with Crippen molar-refractivity contribution < 1.29 is 17.6 Å². The molecule has 1 fully saturated rings. The number of rotatable bonds is 5. The predicted molar refractivity (Wildman–Crippen MR) is 91.0 cm³/mol. The van der Waals surface area contributed by atoms with Crippen LogP contribution in [0.5, 0.6) is 0 Å². The number of carbonyl (C=O) groups excluding carboxylic acids is 1. The van der Waals surface area contributed by atoms with E-state index in [1.807, 2.05) is 4.90 Å². The van der Waals surface area contributed by atoms with Gasteiger partial charge in [0.15, 0.2) is 0 Å². The minimum Gasteiger partial charge on any atom is -0.342 e. The summed E-state index contributed by atoms with van der Waals surface area (Å²) in [6.07, 6.45) is 2.27. The maximum Gasteiger partial charge on any atom is 0.271 e. The summed E-state index contributed by atoms with van der Waals surface area (Å²) in [6, 6.07) is 8.25. The van der Waals surface area contributed by atoms with Crippen molar-refractivity contribution in [2.75, 3.05) is 17.8 Å². The Bertz CT molecular complexity index is 825. The summed E-state index contributed by atoms with van der Waals surface area (Å²) in [5.74, 6) is -0.401. The Morgan fingerprint density at radius 2 is 1.79 bits per heavy atom. The van der Waals surface area contributed by atoms with Gasteiger partial charge < -0.3 is 4.90 Å². The zero-order valence-electron chi connectivity index (χ0n) is 12.9. The van der Waals surface area contributed by atoms with E-state index in [0.717, 1.165) is 37.3 Å². The van der Waals surface area contributed by atoms with Gasteiger partial charge in [-0.1, -0.05) is 0 Å². The number of amides is 1. The molecule has 0 unspecified atom stereocenters. The van der Waals surface area contributed by atoms with Gasteiger partial charge in [-0.05, 0) is 49.2 Å². The number of hydrogen-bond acceptors (Lipinski definition) is 4. The fraction of sp³-hybridized carbons (Fsp3) is 0.312. The number of carbonyl (C=O) groups is 1. The first-order valence-electron chi connectivity index (χ1n) is 7.59. The lowest BCUT2D eigenvalue weighted by Gasteiger charge is -2.14. The number of benzene rings is 1. The molecular weight excluding hydrogens is 351 g/mol. The Morgan fingerprint density at radius 3 is 2.46 bits per heavy atom. The van der Waals surface area contributed by atoms with Gasteiger partial charge in [-0.3, -0.25) is 9.52 Å². The monoisotopic (exact) mass is 368 g/mol. The molecule has 8 heteroatoms. The van der Waals surface area contributed by atoms with E-state index in [0.29, 0.717) is 10.6 Å². The molecule has 3 rings (SSSR count). The SMILES string of the molecule is O=C(Cc1ccc(S(=O)(=O)Nc2ccc(F)cc2)s1)N1CCCC1. The van der Waals surface area contributed by atoms with Crippen LogP contribution >= 0.6 is 11.3 Å². The molecule has 2 heterocycles. The van der Waals surface area contributed by atoms with Crippen LogP contribution in [-0.4, -0.2) is 32.3 Å². The van der Waals surface area contributed by atoms with Crippen LogP contribution in [0.4, 0.5) is 10.1 Å². The normalized spacial score (nSPS) is 14.8. The van der Waals surface area contributed by atoms with Gasteiger partial charge in [0.1, 0.15) is 10.0 Å². The predicted octanol–water partition coefficient (Wildman–Crippen LogP) is 2.85. The second kappa shape index (κ2) is 6.90. The van der Waals surface area contributed by atoms with Crippen molar-refractivity contribution in [3.63, 3.8) is 0 Å². The molecule has 1 aliphatic rings.